The lowest BCUT2D eigenvalue weighted by molar-refractivity contribution is 0.248. The van der Waals surface area contributed by atoms with Gasteiger partial charge < -0.3 is 25.0 Å². The molecule has 1 aliphatic rings. The van der Waals surface area contributed by atoms with Gasteiger partial charge in [-0.1, -0.05) is 24.3 Å². The van der Waals surface area contributed by atoms with Crippen LogP contribution >= 0.6 is 0 Å². The van der Waals surface area contributed by atoms with Crippen LogP contribution < -0.4 is 39.6 Å². The number of hydrazine groups is 1. The quantitative estimate of drug-likeness (QED) is 0.0657. The van der Waals surface area contributed by atoms with Crippen LogP contribution in [0.2, 0.25) is 0 Å². The Morgan fingerprint density at radius 1 is 0.590 bits per heavy atom. The summed E-state index contributed by atoms with van der Waals surface area (Å²) < 4.78 is 103. The van der Waals surface area contributed by atoms with Crippen molar-refractivity contribution in [3.8, 4) is 45.5 Å². The lowest BCUT2D eigenvalue weighted by atomic mass is 9.96. The molecule has 9 aromatic rings. The zero-order valence-corrected chi connectivity index (χ0v) is 47.5. The van der Waals surface area contributed by atoms with Gasteiger partial charge >= 0.3 is 12.1 Å². The van der Waals surface area contributed by atoms with Crippen molar-refractivity contribution in [2.24, 2.45) is 0 Å². The predicted molar refractivity (Wildman–Crippen MR) is 313 cm³/mol. The van der Waals surface area contributed by atoms with Crippen LogP contribution in [0.25, 0.3) is 33.3 Å². The Balaban J connectivity index is 1.12. The first kappa shape index (κ1) is 56.7. The molecule has 0 unspecified atom stereocenters. The summed E-state index contributed by atoms with van der Waals surface area (Å²) in [5, 5.41) is 18.4. The molecule has 1 aliphatic heterocycles. The summed E-state index contributed by atoms with van der Waals surface area (Å²) in [5.41, 5.74) is 3.25. The number of likely N-dealkylation sites (N-methyl/N-ethyl adjacent to an activating group) is 1. The molecule has 4 amide bonds. The minimum absolute atomic E-state index is 0.0524. The van der Waals surface area contributed by atoms with Crippen LogP contribution in [0.15, 0.2) is 140 Å². The van der Waals surface area contributed by atoms with Gasteiger partial charge in [-0.3, -0.25) is 23.8 Å². The molecule has 22 nitrogen and oxygen atoms in total. The molecule has 10 rings (SSSR count). The number of rotatable bonds is 16. The summed E-state index contributed by atoms with van der Waals surface area (Å²) in [4.78, 5) is 45.9. The molecule has 4 aromatic carbocycles. The molecular formula is C57H56F2N14O8S2. The Hall–Kier alpha value is -9.53. The van der Waals surface area contributed by atoms with Crippen molar-refractivity contribution in [1.82, 2.24) is 39.4 Å². The van der Waals surface area contributed by atoms with E-state index in [1.807, 2.05) is 71.1 Å². The van der Waals surface area contributed by atoms with Gasteiger partial charge in [-0.05, 0) is 112 Å². The SMILES string of the molecule is CC(C)n1cc(NC(=O)N(c2ccc(Oc3ccnc(NS(C)(=O)=O)c3)cc2F)N(C(=O)Nc2cn(C(C)C)nc2-c2ccc3cnccc3c2)c2ccc(Oc3ccnc(NS(C)(=O)=O)c3)cc2F)c(-c2ccc3c(c2)CCN(C)C3)n1. The zero-order chi connectivity index (χ0) is 58.9. The number of halogens is 2. The van der Waals surface area contributed by atoms with Gasteiger partial charge in [-0.2, -0.15) is 20.2 Å². The molecule has 0 saturated carbocycles. The molecule has 0 spiro atoms. The minimum Gasteiger partial charge on any atom is -0.457 e. The summed E-state index contributed by atoms with van der Waals surface area (Å²) in [6.07, 6.45) is 11.7. The smallest absolute Gasteiger partial charge is 0.346 e. The highest BCUT2D eigenvalue weighted by atomic mass is 32.2. The fourth-order valence-electron chi connectivity index (χ4n) is 9.10. The van der Waals surface area contributed by atoms with Crippen LogP contribution in [-0.2, 0) is 33.0 Å². The molecule has 0 radical (unpaired) electrons. The second-order valence-corrected chi connectivity index (χ2v) is 23.8. The third-order valence-corrected chi connectivity index (χ3v) is 14.2. The lowest BCUT2D eigenvalue weighted by Crippen LogP contribution is -2.54. The molecule has 83 heavy (non-hydrogen) atoms. The molecular weight excluding hydrogens is 1110 g/mol. The Morgan fingerprint density at radius 3 is 1.58 bits per heavy atom. The van der Waals surface area contributed by atoms with E-state index in [1.54, 1.807) is 40.2 Å². The van der Waals surface area contributed by atoms with Gasteiger partial charge in [0.15, 0.2) is 11.6 Å². The monoisotopic (exact) mass is 1170 g/mol. The summed E-state index contributed by atoms with van der Waals surface area (Å²) in [6.45, 7) is 9.13. The van der Waals surface area contributed by atoms with E-state index in [0.717, 1.165) is 78.2 Å². The number of sulfonamides is 2. The number of benzene rings is 4. The number of hydrogen-bond acceptors (Lipinski definition) is 14. The molecule has 0 bridgehead atoms. The van der Waals surface area contributed by atoms with Gasteiger partial charge in [0.2, 0.25) is 20.0 Å². The number of nitrogens with one attached hydrogen (secondary N) is 4. The van der Waals surface area contributed by atoms with Gasteiger partial charge in [0.1, 0.15) is 57.4 Å². The normalized spacial score (nSPS) is 12.7. The number of urea groups is 2. The van der Waals surface area contributed by atoms with E-state index in [4.69, 9.17) is 19.7 Å². The molecule has 0 atom stereocenters. The first-order valence-electron chi connectivity index (χ1n) is 25.9. The van der Waals surface area contributed by atoms with E-state index >= 15 is 18.4 Å². The Kier molecular flexibility index (Phi) is 15.8. The van der Waals surface area contributed by atoms with Crippen molar-refractivity contribution in [1.29, 1.82) is 0 Å². The third-order valence-electron chi connectivity index (χ3n) is 13.0. The second-order valence-electron chi connectivity index (χ2n) is 20.3. The summed E-state index contributed by atoms with van der Waals surface area (Å²) in [7, 11) is -5.44. The Labute approximate surface area is 476 Å². The van der Waals surface area contributed by atoms with Crippen LogP contribution in [0, 0.1) is 11.6 Å². The molecule has 0 aliphatic carbocycles. The largest absolute Gasteiger partial charge is 0.457 e. The highest BCUT2D eigenvalue weighted by molar-refractivity contribution is 7.92. The highest BCUT2D eigenvalue weighted by Gasteiger charge is 2.36. The zero-order valence-electron chi connectivity index (χ0n) is 45.9. The third kappa shape index (κ3) is 13.3. The Morgan fingerprint density at radius 2 is 1.08 bits per heavy atom. The van der Waals surface area contributed by atoms with Crippen molar-refractivity contribution in [3.05, 3.63) is 163 Å². The fourth-order valence-corrected chi connectivity index (χ4v) is 10.1. The van der Waals surface area contributed by atoms with Crippen molar-refractivity contribution >= 4 is 77.3 Å². The van der Waals surface area contributed by atoms with Crippen LogP contribution in [0.1, 0.15) is 50.9 Å². The van der Waals surface area contributed by atoms with Crippen LogP contribution in [0.4, 0.5) is 52.8 Å². The number of aromatic nitrogens is 7. The van der Waals surface area contributed by atoms with Gasteiger partial charge in [0.25, 0.3) is 0 Å². The molecule has 0 saturated heterocycles. The van der Waals surface area contributed by atoms with Crippen LogP contribution in [0.5, 0.6) is 23.0 Å². The number of anilines is 6. The van der Waals surface area contributed by atoms with E-state index in [2.05, 4.69) is 39.9 Å². The molecule has 5 aromatic heterocycles. The lowest BCUT2D eigenvalue weighted by Gasteiger charge is -2.35. The number of fused-ring (bicyclic) bond motifs is 2. The number of ether oxygens (including phenoxy) is 2. The average Bonchev–Trinajstić information content (AvgIpc) is 3.93. The summed E-state index contributed by atoms with van der Waals surface area (Å²) in [6, 6.07) is 22.6. The maximum atomic E-state index is 17.5. The molecule has 4 N–H and O–H groups in total. The van der Waals surface area contributed by atoms with Gasteiger partial charge in [0, 0.05) is 103 Å². The standard InChI is InChI=1S/C57H56F2N14O8S2/c1-34(2)70-32-48(54(65-70)38-8-10-40-30-60-20-16-36(40)24-38)63-56(74)72(50-14-12-42(26-46(50)58)80-44-17-21-61-52(28-44)67-82(6,76)77)73(51-15-13-43(27-47(51)59)81-45-18-22-62-53(29-45)68-83(7,78)79)57(75)64-49-33-71(35(3)4)66-55(49)39-9-11-41-31-69(5)23-19-37(41)25-39/h8-18,20-22,24-30,32-35H,19,23,31H2,1-7H3,(H,61,67)(H,62,68)(H,63,74)(H,64,75). The van der Waals surface area contributed by atoms with Crippen molar-refractivity contribution in [2.75, 3.05) is 56.2 Å². The molecule has 26 heteroatoms. The van der Waals surface area contributed by atoms with E-state index < -0.39 is 55.1 Å². The first-order chi connectivity index (χ1) is 39.5. The van der Waals surface area contributed by atoms with Crippen LogP contribution in [-0.4, -0.2) is 94.4 Å². The maximum absolute atomic E-state index is 17.5. The highest BCUT2D eigenvalue weighted by Crippen LogP contribution is 2.38. The molecule has 6 heterocycles. The van der Waals surface area contributed by atoms with Gasteiger partial charge in [-0.15, -0.1) is 0 Å². The average molecular weight is 1170 g/mol. The van der Waals surface area contributed by atoms with Crippen molar-refractivity contribution in [3.63, 3.8) is 0 Å². The second kappa shape index (κ2) is 23.1. The minimum atomic E-state index is -3.74. The fraction of sp³-hybridized carbons (Fsp3) is 0.211. The number of hydrogen-bond donors (Lipinski definition) is 4. The van der Waals surface area contributed by atoms with Crippen molar-refractivity contribution < 1.29 is 44.7 Å². The van der Waals surface area contributed by atoms with Crippen molar-refractivity contribution in [2.45, 2.75) is 52.7 Å². The molecule has 0 fully saturated rings. The van der Waals surface area contributed by atoms with E-state index in [1.165, 1.54) is 48.8 Å². The van der Waals surface area contributed by atoms with E-state index in [-0.39, 0.29) is 58.1 Å². The predicted octanol–water partition coefficient (Wildman–Crippen LogP) is 11.2. The topological polar surface area (TPSA) is 253 Å². The van der Waals surface area contributed by atoms with Gasteiger partial charge in [0.05, 0.1) is 23.9 Å². The number of carbonyl (C=O) groups excluding carboxylic acids is 2. The summed E-state index contributed by atoms with van der Waals surface area (Å²) >= 11 is 0. The van der Waals surface area contributed by atoms with Crippen LogP contribution in [0.3, 0.4) is 0 Å². The number of nitrogens with zero attached hydrogens (tertiary/aromatic N) is 10. The summed E-state index contributed by atoms with van der Waals surface area (Å²) in [5.74, 6) is -2.61. The van der Waals surface area contributed by atoms with E-state index in [0.29, 0.717) is 32.5 Å². The maximum Gasteiger partial charge on any atom is 0.346 e. The van der Waals surface area contributed by atoms with E-state index in [9.17, 15) is 16.8 Å². The number of amides is 4. The van der Waals surface area contributed by atoms with Gasteiger partial charge in [-0.25, -0.2) is 45.2 Å². The number of pyridine rings is 3. The number of carbonyl (C=O) groups is 2. The molecule has 428 valence electrons. The Bertz CT molecular complexity index is 4200. The first-order valence-corrected chi connectivity index (χ1v) is 29.7.